The highest BCUT2D eigenvalue weighted by Gasteiger charge is 2.70. The molecule has 9 aliphatic heterocycles. The molecule has 12 nitrogen and oxygen atoms in total. The van der Waals surface area contributed by atoms with Crippen molar-refractivity contribution in [3.63, 3.8) is 0 Å². The van der Waals surface area contributed by atoms with E-state index in [4.69, 9.17) is 0 Å². The summed E-state index contributed by atoms with van der Waals surface area (Å²) in [6.45, 7) is 58.0. The smallest absolute Gasteiger partial charge is 0.131 e. The topological polar surface area (TPSA) is 32.4 Å². The van der Waals surface area contributed by atoms with Crippen molar-refractivity contribution in [3.05, 3.63) is 0 Å². The van der Waals surface area contributed by atoms with Gasteiger partial charge in [-0.15, -0.1) is 0 Å². The van der Waals surface area contributed by atoms with Gasteiger partial charge in [0.25, 0.3) is 0 Å². The molecule has 0 aliphatic carbocycles. The highest BCUT2D eigenvalue weighted by atomic mass is 31.2. The molecule has 0 aromatic rings. The Bertz CT molecular complexity index is 1500. The largest absolute Gasteiger partial charge is 0.318 e. The molecule has 340 valence electrons. The standard InChI is InChI=1S/C44H91N12P3/c1-37(2)49-25-29-56(34-42(12,13)54-22-19-48-17-20-52(40(6,7)8)59(54)53(21-18-48)41(9,10)11)30-26-50(38(3)4)58-44(49,36-56)33-51(58)39(5)31-55-27-23-45(14)43(35-55)32-47(16)57(43)46(15)24-28-55/h37-39H,17-36H2,1-16H3/q+2. The number of quaternary nitrogens is 2. The Morgan fingerprint density at radius 1 is 0.542 bits per heavy atom. The van der Waals surface area contributed by atoms with Crippen molar-refractivity contribution in [1.29, 1.82) is 0 Å². The van der Waals surface area contributed by atoms with E-state index in [0.717, 1.165) is 13.1 Å². The summed E-state index contributed by atoms with van der Waals surface area (Å²) in [5, 5.41) is 0.610. The number of nitrogens with zero attached hydrogens (tertiary/aromatic N) is 12. The van der Waals surface area contributed by atoms with E-state index in [2.05, 4.69) is 159 Å². The first-order valence-electron chi connectivity index (χ1n) is 24.0. The molecule has 0 N–H and O–H groups in total. The molecule has 9 aliphatic rings. The minimum absolute atomic E-state index is 0.0646. The van der Waals surface area contributed by atoms with Gasteiger partial charge in [-0.3, -0.25) is 42.7 Å². The van der Waals surface area contributed by atoms with Crippen molar-refractivity contribution in [2.45, 2.75) is 135 Å². The van der Waals surface area contributed by atoms with Crippen molar-refractivity contribution < 1.29 is 8.97 Å². The molecule has 15 heteroatoms. The van der Waals surface area contributed by atoms with Crippen LogP contribution in [0.3, 0.4) is 0 Å². The van der Waals surface area contributed by atoms with Gasteiger partial charge in [0.1, 0.15) is 32.0 Å². The maximum absolute atomic E-state index is 3.12. The molecule has 7 unspecified atom stereocenters. The first-order chi connectivity index (χ1) is 27.4. The number of hydrogen-bond donors (Lipinski definition) is 0. The summed E-state index contributed by atoms with van der Waals surface area (Å²) < 4.78 is 23.2. The summed E-state index contributed by atoms with van der Waals surface area (Å²) in [5.41, 5.74) is 0.290. The maximum Gasteiger partial charge on any atom is 0.131 e. The van der Waals surface area contributed by atoms with E-state index in [1.54, 1.807) is 0 Å². The van der Waals surface area contributed by atoms with Crippen LogP contribution >= 0.6 is 24.8 Å². The molecule has 9 fully saturated rings. The quantitative estimate of drug-likeness (QED) is 0.232. The number of fused-ring (bicyclic) bond motifs is 8. The fourth-order valence-corrected chi connectivity index (χ4v) is 24.2. The molecule has 0 aromatic heterocycles. The van der Waals surface area contributed by atoms with Gasteiger partial charge in [0.2, 0.25) is 0 Å². The van der Waals surface area contributed by atoms with E-state index in [9.17, 15) is 0 Å². The second kappa shape index (κ2) is 16.0. The van der Waals surface area contributed by atoms with Crippen molar-refractivity contribution in [2.24, 2.45) is 0 Å². The van der Waals surface area contributed by atoms with E-state index in [-0.39, 0.29) is 30.1 Å². The molecule has 9 rings (SSSR count). The third kappa shape index (κ3) is 7.92. The summed E-state index contributed by atoms with van der Waals surface area (Å²) in [6.07, 6.45) is 0. The predicted octanol–water partition coefficient (Wildman–Crippen LogP) is 5.46. The van der Waals surface area contributed by atoms with E-state index in [1.807, 2.05) is 0 Å². The van der Waals surface area contributed by atoms with Gasteiger partial charge >= 0.3 is 0 Å². The SMILES string of the molecule is CC(C)N1CC[N+]2(CC(C)(C)N3CCN4CCN(C(C)(C)C)P3N(C(C)(C)C)CC4)CCN(C(C)C)C3(CN(C(C)C[N+]45CCN(C)P6N(C)CC6(C4)N(C)CC5)P13)C2. The summed E-state index contributed by atoms with van der Waals surface area (Å²) in [5.74, 6) is 0. The molecule has 9 heterocycles. The Labute approximate surface area is 367 Å². The predicted molar refractivity (Wildman–Crippen MR) is 254 cm³/mol. The zero-order chi connectivity index (χ0) is 42.9. The first-order valence-corrected chi connectivity index (χ1v) is 27.7. The summed E-state index contributed by atoms with van der Waals surface area (Å²) >= 11 is 0. The lowest BCUT2D eigenvalue weighted by Crippen LogP contribution is -2.80. The number of hydrogen-bond acceptors (Lipinski definition) is 10. The van der Waals surface area contributed by atoms with Crippen LogP contribution in [-0.2, 0) is 0 Å². The molecular weight excluding hydrogens is 789 g/mol. The second-order valence-corrected chi connectivity index (χ2v) is 31.2. The number of likely N-dealkylation sites (N-methyl/N-ethyl adjacent to an activating group) is 3. The van der Waals surface area contributed by atoms with Crippen LogP contribution in [0.15, 0.2) is 0 Å². The molecule has 0 radical (unpaired) electrons. The average Bonchev–Trinajstić information content (AvgIpc) is 3.19. The van der Waals surface area contributed by atoms with Crippen LogP contribution in [-0.4, -0.2) is 254 Å². The highest BCUT2D eigenvalue weighted by molar-refractivity contribution is 7.56. The van der Waals surface area contributed by atoms with Gasteiger partial charge in [0, 0.05) is 88.6 Å². The average molecular weight is 881 g/mol. The van der Waals surface area contributed by atoms with E-state index < -0.39 is 16.6 Å². The molecule has 7 atom stereocenters. The van der Waals surface area contributed by atoms with Gasteiger partial charge in [-0.25, -0.2) is 4.67 Å². The van der Waals surface area contributed by atoms with E-state index in [1.165, 1.54) is 127 Å². The van der Waals surface area contributed by atoms with Crippen LogP contribution in [0.25, 0.3) is 0 Å². The van der Waals surface area contributed by atoms with Crippen molar-refractivity contribution in [1.82, 2.24) is 47.4 Å². The lowest BCUT2D eigenvalue weighted by molar-refractivity contribution is -0.939. The Balaban J connectivity index is 1.10. The van der Waals surface area contributed by atoms with E-state index in [0.29, 0.717) is 23.4 Å². The van der Waals surface area contributed by atoms with Gasteiger partial charge < -0.3 is 8.97 Å². The molecule has 9 saturated heterocycles. The summed E-state index contributed by atoms with van der Waals surface area (Å²) in [7, 11) is 5.92. The Hall–Kier alpha value is 0.810. The van der Waals surface area contributed by atoms with Crippen LogP contribution in [0.1, 0.15) is 90.0 Å². The second-order valence-electron chi connectivity index (χ2n) is 24.0. The molecule has 0 saturated carbocycles. The highest BCUT2D eigenvalue weighted by Crippen LogP contribution is 2.71. The van der Waals surface area contributed by atoms with Gasteiger partial charge in [-0.05, 0) is 111 Å². The molecular formula is C44H91N12P3+2. The van der Waals surface area contributed by atoms with Crippen LogP contribution in [0, 0.1) is 0 Å². The maximum atomic E-state index is 3.12. The Morgan fingerprint density at radius 3 is 1.68 bits per heavy atom. The lowest BCUT2D eigenvalue weighted by atomic mass is 9.97. The van der Waals surface area contributed by atoms with Crippen LogP contribution in [0.2, 0.25) is 0 Å². The Morgan fingerprint density at radius 2 is 1.10 bits per heavy atom. The third-order valence-corrected chi connectivity index (χ3v) is 26.6. The fraction of sp³-hybridized carbons (Fsp3) is 1.00. The first kappa shape index (κ1) is 46.3. The zero-order valence-electron chi connectivity index (χ0n) is 41.1. The lowest BCUT2D eigenvalue weighted by Gasteiger charge is -2.69. The van der Waals surface area contributed by atoms with Gasteiger partial charge in [-0.2, -0.15) is 0 Å². The van der Waals surface area contributed by atoms with Crippen LogP contribution in [0.5, 0.6) is 0 Å². The number of piperazine rings is 2. The van der Waals surface area contributed by atoms with Crippen LogP contribution in [0.4, 0.5) is 0 Å². The monoisotopic (exact) mass is 881 g/mol. The molecule has 59 heavy (non-hydrogen) atoms. The fourth-order valence-electron chi connectivity index (χ4n) is 13.8. The van der Waals surface area contributed by atoms with Crippen molar-refractivity contribution in [2.75, 3.05) is 152 Å². The summed E-state index contributed by atoms with van der Waals surface area (Å²) in [4.78, 5) is 8.64. The number of rotatable bonds is 8. The molecule has 0 aromatic carbocycles. The minimum Gasteiger partial charge on any atom is -0.318 e. The van der Waals surface area contributed by atoms with Crippen LogP contribution < -0.4 is 0 Å². The molecule has 2 spiro atoms. The minimum atomic E-state index is -0.645. The summed E-state index contributed by atoms with van der Waals surface area (Å²) in [6, 6.07) is 1.72. The van der Waals surface area contributed by atoms with Gasteiger partial charge in [0.15, 0.2) is 0 Å². The normalized spacial score (nSPS) is 41.4. The molecule has 6 bridgehead atoms. The van der Waals surface area contributed by atoms with Gasteiger partial charge in [0.05, 0.1) is 80.4 Å². The molecule has 0 amide bonds. The van der Waals surface area contributed by atoms with E-state index >= 15 is 0 Å². The van der Waals surface area contributed by atoms with Crippen molar-refractivity contribution >= 4 is 24.8 Å². The third-order valence-electron chi connectivity index (χ3n) is 16.5. The van der Waals surface area contributed by atoms with Crippen molar-refractivity contribution in [3.8, 4) is 0 Å². The Kier molecular flexibility index (Phi) is 12.6. The zero-order valence-corrected chi connectivity index (χ0v) is 43.8. The van der Waals surface area contributed by atoms with Gasteiger partial charge in [-0.1, -0.05) is 0 Å².